The Labute approximate surface area is 442 Å². The molecule has 0 aromatic heterocycles. The summed E-state index contributed by atoms with van der Waals surface area (Å²) in [7, 11) is 0. The zero-order valence-corrected chi connectivity index (χ0v) is 43.7. The quantitative estimate of drug-likeness (QED) is 0.0871. The first-order valence-electron chi connectivity index (χ1n) is 25.9. The maximum absolute atomic E-state index is 2.55. The van der Waals surface area contributed by atoms with Gasteiger partial charge >= 0.3 is 0 Å². The summed E-state index contributed by atoms with van der Waals surface area (Å²) in [6.07, 6.45) is 14.3. The highest BCUT2D eigenvalue weighted by Gasteiger charge is 2.23. The number of halogens is 1. The summed E-state index contributed by atoms with van der Waals surface area (Å²) in [5.41, 5.74) is 15.6. The monoisotopic (exact) mass is 1040 g/mol. The van der Waals surface area contributed by atoms with Gasteiger partial charge in [-0.1, -0.05) is 207 Å². The number of benzene rings is 11. The Bertz CT molecular complexity index is 3840. The fourth-order valence-electron chi connectivity index (χ4n) is 11.7. The standard InChI is InChI=1S/C70H59N.HI/c1-3-17-50(4-2)69-65-38-29-49(42-61(60-32-31-52-20-12-15-26-57(52)44-60)41-48-28-30-51-19-11-14-25-56(51)40-48)43-67(65)70(55-22-8-6-9-23-55)66-39-37-64(47-68(66)69)71(63-36-34-54-21-13-16-27-59(54)46-63)62-35-33-53-18-7-5-10-24-58(53)45-62;/h4,6-9,11-16,18-23,25-40,43-47,61H,3,5,10,17,24,41-42H2,1-2H3;1H/b50-4+;. The van der Waals surface area contributed by atoms with Crippen molar-refractivity contribution in [2.45, 2.75) is 64.7 Å². The molecule has 1 aliphatic rings. The molecule has 2 heteroatoms. The lowest BCUT2D eigenvalue weighted by molar-refractivity contribution is 0.682. The van der Waals surface area contributed by atoms with Gasteiger partial charge in [0.25, 0.3) is 0 Å². The molecule has 72 heavy (non-hydrogen) atoms. The molecular formula is C70H60IN. The Morgan fingerprint density at radius 2 is 1.10 bits per heavy atom. The van der Waals surface area contributed by atoms with E-state index in [1.807, 2.05) is 0 Å². The first kappa shape index (κ1) is 47.1. The normalized spacial score (nSPS) is 13.1. The molecule has 0 radical (unpaired) electrons. The molecule has 0 amide bonds. The summed E-state index contributed by atoms with van der Waals surface area (Å²) in [5.74, 6) is 0.275. The molecule has 11 aromatic carbocycles. The van der Waals surface area contributed by atoms with Gasteiger partial charge < -0.3 is 4.90 Å². The summed E-state index contributed by atoms with van der Waals surface area (Å²) in [5, 5.41) is 12.8. The molecule has 0 spiro atoms. The van der Waals surface area contributed by atoms with Crippen molar-refractivity contribution in [3.8, 4) is 11.1 Å². The van der Waals surface area contributed by atoms with Crippen LogP contribution >= 0.6 is 24.0 Å². The predicted molar refractivity (Wildman–Crippen MR) is 323 cm³/mol. The highest BCUT2D eigenvalue weighted by atomic mass is 127. The van der Waals surface area contributed by atoms with Crippen LogP contribution in [-0.2, 0) is 19.3 Å². The molecule has 352 valence electrons. The topological polar surface area (TPSA) is 3.24 Å². The van der Waals surface area contributed by atoms with Crippen molar-refractivity contribution in [2.24, 2.45) is 0 Å². The smallest absolute Gasteiger partial charge is 0.0468 e. The van der Waals surface area contributed by atoms with E-state index in [0.29, 0.717) is 0 Å². The van der Waals surface area contributed by atoms with Crippen molar-refractivity contribution in [1.29, 1.82) is 0 Å². The molecule has 0 fully saturated rings. The van der Waals surface area contributed by atoms with E-state index in [1.54, 1.807) is 0 Å². The van der Waals surface area contributed by atoms with E-state index in [2.05, 4.69) is 249 Å². The van der Waals surface area contributed by atoms with E-state index in [-0.39, 0.29) is 29.9 Å². The number of anilines is 3. The maximum atomic E-state index is 2.55. The molecular weight excluding hydrogens is 982 g/mol. The molecule has 0 N–H and O–H groups in total. The molecule has 0 saturated heterocycles. The molecule has 0 bridgehead atoms. The van der Waals surface area contributed by atoms with Crippen LogP contribution in [0.25, 0.3) is 76.6 Å². The summed E-state index contributed by atoms with van der Waals surface area (Å²) >= 11 is 0. The molecule has 1 aliphatic carbocycles. The van der Waals surface area contributed by atoms with E-state index in [1.165, 1.54) is 110 Å². The maximum Gasteiger partial charge on any atom is 0.0468 e. The van der Waals surface area contributed by atoms with Crippen LogP contribution in [0, 0.1) is 0 Å². The van der Waals surface area contributed by atoms with Gasteiger partial charge in [-0.15, -0.1) is 24.0 Å². The second kappa shape index (κ2) is 20.8. The van der Waals surface area contributed by atoms with Crippen molar-refractivity contribution in [3.63, 3.8) is 0 Å². The molecule has 1 nitrogen and oxygen atoms in total. The lowest BCUT2D eigenvalue weighted by Gasteiger charge is -2.28. The molecule has 1 atom stereocenters. The highest BCUT2D eigenvalue weighted by molar-refractivity contribution is 14.0. The number of nitrogens with zero attached hydrogens (tertiary/aromatic N) is 1. The molecule has 0 heterocycles. The fraction of sp³-hybridized carbons (Fsp3) is 0.143. The Morgan fingerprint density at radius 3 is 1.83 bits per heavy atom. The summed E-state index contributed by atoms with van der Waals surface area (Å²) in [6, 6.07) is 80.4. The Morgan fingerprint density at radius 1 is 0.514 bits per heavy atom. The fourth-order valence-corrected chi connectivity index (χ4v) is 11.7. The van der Waals surface area contributed by atoms with Crippen LogP contribution < -0.4 is 4.90 Å². The first-order valence-corrected chi connectivity index (χ1v) is 25.9. The van der Waals surface area contributed by atoms with Gasteiger partial charge in [-0.2, -0.15) is 0 Å². The summed E-state index contributed by atoms with van der Waals surface area (Å²) in [6.45, 7) is 4.55. The van der Waals surface area contributed by atoms with Gasteiger partial charge in [-0.3, -0.25) is 0 Å². The van der Waals surface area contributed by atoms with Crippen molar-refractivity contribution < 1.29 is 0 Å². The molecule has 11 aromatic rings. The lowest BCUT2D eigenvalue weighted by atomic mass is 9.82. The van der Waals surface area contributed by atoms with Gasteiger partial charge in [0.05, 0.1) is 0 Å². The third kappa shape index (κ3) is 9.25. The van der Waals surface area contributed by atoms with Crippen LogP contribution in [0.4, 0.5) is 17.1 Å². The second-order valence-corrected chi connectivity index (χ2v) is 19.7. The predicted octanol–water partition coefficient (Wildman–Crippen LogP) is 20.3. The van der Waals surface area contributed by atoms with Crippen molar-refractivity contribution >= 4 is 107 Å². The Hall–Kier alpha value is -7.27. The van der Waals surface area contributed by atoms with Gasteiger partial charge in [-0.25, -0.2) is 0 Å². The van der Waals surface area contributed by atoms with Crippen LogP contribution in [-0.4, -0.2) is 0 Å². The number of hydrogen-bond acceptors (Lipinski definition) is 1. The zero-order valence-electron chi connectivity index (χ0n) is 41.3. The molecule has 0 saturated carbocycles. The SMILES string of the molecule is C/C=C(\CCC)c1c2cc(N(c3ccc4c(c3)CCCC=C4)c3ccc4ccccc4c3)ccc2c(-c2ccccc2)c2cc(CC(Cc3ccc4ccccc4c3)c3ccc4ccccc4c3)ccc12.I. The number of allylic oxidation sites excluding steroid dienone is 3. The van der Waals surface area contributed by atoms with Crippen LogP contribution in [0.5, 0.6) is 0 Å². The average Bonchev–Trinajstić information content (AvgIpc) is 3.67. The number of aryl methyl sites for hydroxylation is 1. The molecule has 1 unspecified atom stereocenters. The van der Waals surface area contributed by atoms with Crippen LogP contribution in [0.15, 0.2) is 224 Å². The lowest BCUT2D eigenvalue weighted by Crippen LogP contribution is -2.11. The second-order valence-electron chi connectivity index (χ2n) is 19.7. The Kier molecular flexibility index (Phi) is 13.6. The van der Waals surface area contributed by atoms with E-state index in [0.717, 1.165) is 56.3 Å². The largest absolute Gasteiger partial charge is 0.310 e. The third-order valence-corrected chi connectivity index (χ3v) is 15.2. The van der Waals surface area contributed by atoms with Gasteiger partial charge in [0.1, 0.15) is 0 Å². The third-order valence-electron chi connectivity index (χ3n) is 15.2. The minimum atomic E-state index is 0. The van der Waals surface area contributed by atoms with Gasteiger partial charge in [0.15, 0.2) is 0 Å². The zero-order chi connectivity index (χ0) is 47.7. The minimum absolute atomic E-state index is 0. The summed E-state index contributed by atoms with van der Waals surface area (Å²) in [4.78, 5) is 2.50. The van der Waals surface area contributed by atoms with E-state index < -0.39 is 0 Å². The van der Waals surface area contributed by atoms with Crippen LogP contribution in [0.3, 0.4) is 0 Å². The van der Waals surface area contributed by atoms with Crippen molar-refractivity contribution in [1.82, 2.24) is 0 Å². The van der Waals surface area contributed by atoms with E-state index >= 15 is 0 Å². The van der Waals surface area contributed by atoms with E-state index in [4.69, 9.17) is 0 Å². The van der Waals surface area contributed by atoms with E-state index in [9.17, 15) is 0 Å². The number of hydrogen-bond donors (Lipinski definition) is 0. The van der Waals surface area contributed by atoms with Gasteiger partial charge in [0, 0.05) is 17.1 Å². The first-order chi connectivity index (χ1) is 35.1. The van der Waals surface area contributed by atoms with Crippen molar-refractivity contribution in [3.05, 3.63) is 258 Å². The van der Waals surface area contributed by atoms with Crippen LogP contribution in [0.2, 0.25) is 0 Å². The molecule has 0 aliphatic heterocycles. The van der Waals surface area contributed by atoms with Crippen LogP contribution in [0.1, 0.15) is 78.8 Å². The van der Waals surface area contributed by atoms with Gasteiger partial charge in [0.2, 0.25) is 0 Å². The van der Waals surface area contributed by atoms with Gasteiger partial charge in [-0.05, 0) is 192 Å². The number of rotatable bonds is 12. The van der Waals surface area contributed by atoms with Crippen molar-refractivity contribution in [2.75, 3.05) is 4.90 Å². The summed E-state index contributed by atoms with van der Waals surface area (Å²) < 4.78 is 0. The number of fused-ring (bicyclic) bond motifs is 6. The average molecular weight is 1040 g/mol. The molecule has 12 rings (SSSR count). The highest BCUT2D eigenvalue weighted by Crippen LogP contribution is 2.47. The minimum Gasteiger partial charge on any atom is -0.310 e. The Balaban J connectivity index is 0.00000560.